The number of hydrogen-bond acceptors (Lipinski definition) is 4. The van der Waals surface area contributed by atoms with E-state index in [2.05, 4.69) is 24.3 Å². The molecule has 0 saturated heterocycles. The number of carbonyl (C=O) groups is 1. The first-order valence-electron chi connectivity index (χ1n) is 11.0. The molecule has 0 N–H and O–H groups in total. The monoisotopic (exact) mass is 431 g/mol. The Morgan fingerprint density at radius 3 is 2.06 bits per heavy atom. The van der Waals surface area contributed by atoms with Crippen LogP contribution in [0.25, 0.3) is 11.1 Å². The highest BCUT2D eigenvalue weighted by Crippen LogP contribution is 2.44. The standard InChI is InChI=1S/C27H29NO4/c1-28(15-16-30-17-18-31-19-21-9-3-2-4-10-21)27(29)32-20-26-24-13-7-5-11-22(24)23-12-6-8-14-25(23)26/h2-14,26H,15-20H2,1H3. The molecule has 0 radical (unpaired) electrons. The first kappa shape index (κ1) is 22.1. The number of hydrogen-bond donors (Lipinski definition) is 0. The van der Waals surface area contributed by atoms with E-state index in [9.17, 15) is 4.79 Å². The molecule has 1 aliphatic rings. The summed E-state index contributed by atoms with van der Waals surface area (Å²) in [7, 11) is 1.73. The molecule has 0 unspecified atom stereocenters. The van der Waals surface area contributed by atoms with Crippen molar-refractivity contribution in [3.63, 3.8) is 0 Å². The normalized spacial score (nSPS) is 12.3. The highest BCUT2D eigenvalue weighted by atomic mass is 16.6. The zero-order valence-corrected chi connectivity index (χ0v) is 18.4. The van der Waals surface area contributed by atoms with E-state index < -0.39 is 0 Å². The Morgan fingerprint density at radius 1 is 0.781 bits per heavy atom. The lowest BCUT2D eigenvalue weighted by Gasteiger charge is -2.19. The smallest absolute Gasteiger partial charge is 0.409 e. The molecule has 5 heteroatoms. The van der Waals surface area contributed by atoms with Crippen LogP contribution in [0, 0.1) is 0 Å². The van der Waals surface area contributed by atoms with Crippen LogP contribution in [0.3, 0.4) is 0 Å². The van der Waals surface area contributed by atoms with Crippen molar-refractivity contribution in [1.29, 1.82) is 0 Å². The number of amides is 1. The second kappa shape index (κ2) is 10.9. The summed E-state index contributed by atoms with van der Waals surface area (Å²) in [5.41, 5.74) is 6.01. The van der Waals surface area contributed by atoms with Crippen molar-refractivity contribution in [3.05, 3.63) is 95.6 Å². The third-order valence-corrected chi connectivity index (χ3v) is 5.70. The van der Waals surface area contributed by atoms with E-state index in [4.69, 9.17) is 14.2 Å². The van der Waals surface area contributed by atoms with E-state index >= 15 is 0 Å². The molecular weight excluding hydrogens is 402 g/mol. The maximum Gasteiger partial charge on any atom is 0.409 e. The molecule has 0 heterocycles. The maximum absolute atomic E-state index is 12.5. The van der Waals surface area contributed by atoms with Gasteiger partial charge in [0.2, 0.25) is 0 Å². The van der Waals surface area contributed by atoms with Crippen LogP contribution in [0.2, 0.25) is 0 Å². The molecule has 3 aromatic rings. The van der Waals surface area contributed by atoms with Gasteiger partial charge in [-0.15, -0.1) is 0 Å². The minimum Gasteiger partial charge on any atom is -0.448 e. The largest absolute Gasteiger partial charge is 0.448 e. The average molecular weight is 432 g/mol. The van der Waals surface area contributed by atoms with Crippen LogP contribution in [0.15, 0.2) is 78.9 Å². The molecule has 0 saturated carbocycles. The Kier molecular flexibility index (Phi) is 7.54. The number of rotatable bonds is 10. The van der Waals surface area contributed by atoms with E-state index in [-0.39, 0.29) is 12.0 Å². The van der Waals surface area contributed by atoms with Crippen molar-refractivity contribution >= 4 is 6.09 Å². The van der Waals surface area contributed by atoms with Crippen LogP contribution in [0.4, 0.5) is 4.79 Å². The Labute approximate surface area is 189 Å². The fraction of sp³-hybridized carbons (Fsp3) is 0.296. The molecule has 3 aromatic carbocycles. The summed E-state index contributed by atoms with van der Waals surface area (Å²) in [5.74, 6) is 0.0674. The average Bonchev–Trinajstić information content (AvgIpc) is 3.16. The van der Waals surface area contributed by atoms with Crippen molar-refractivity contribution in [2.45, 2.75) is 12.5 Å². The minimum atomic E-state index is -0.337. The highest BCUT2D eigenvalue weighted by molar-refractivity contribution is 5.79. The van der Waals surface area contributed by atoms with Gasteiger partial charge in [-0.05, 0) is 27.8 Å². The molecule has 0 atom stereocenters. The Balaban J connectivity index is 1.16. The Morgan fingerprint density at radius 2 is 1.38 bits per heavy atom. The number of likely N-dealkylation sites (N-methyl/N-ethyl adjacent to an activating group) is 1. The number of benzene rings is 3. The molecule has 0 spiro atoms. The number of carbonyl (C=O) groups excluding carboxylic acids is 1. The maximum atomic E-state index is 12.5. The molecule has 4 rings (SSSR count). The van der Waals surface area contributed by atoms with E-state index in [0.717, 1.165) is 5.56 Å². The van der Waals surface area contributed by atoms with Gasteiger partial charge in [-0.2, -0.15) is 0 Å². The van der Waals surface area contributed by atoms with Crippen LogP contribution >= 0.6 is 0 Å². The molecule has 0 aliphatic heterocycles. The van der Waals surface area contributed by atoms with Crippen molar-refractivity contribution in [2.24, 2.45) is 0 Å². The van der Waals surface area contributed by atoms with Crippen molar-refractivity contribution < 1.29 is 19.0 Å². The molecule has 1 amide bonds. The van der Waals surface area contributed by atoms with E-state index in [0.29, 0.717) is 39.6 Å². The Hall–Kier alpha value is -3.15. The van der Waals surface area contributed by atoms with E-state index in [1.165, 1.54) is 22.3 Å². The van der Waals surface area contributed by atoms with Gasteiger partial charge in [0.25, 0.3) is 0 Å². The van der Waals surface area contributed by atoms with Gasteiger partial charge >= 0.3 is 6.09 Å². The summed E-state index contributed by atoms with van der Waals surface area (Å²) in [4.78, 5) is 14.0. The van der Waals surface area contributed by atoms with Crippen molar-refractivity contribution in [3.8, 4) is 11.1 Å². The molecule has 32 heavy (non-hydrogen) atoms. The van der Waals surface area contributed by atoms with Gasteiger partial charge in [-0.3, -0.25) is 0 Å². The van der Waals surface area contributed by atoms with Crippen LogP contribution < -0.4 is 0 Å². The van der Waals surface area contributed by atoms with Crippen molar-refractivity contribution in [1.82, 2.24) is 4.90 Å². The van der Waals surface area contributed by atoms with E-state index in [1.54, 1.807) is 11.9 Å². The van der Waals surface area contributed by atoms with Gasteiger partial charge in [0.05, 0.1) is 26.4 Å². The summed E-state index contributed by atoms with van der Waals surface area (Å²) in [6.07, 6.45) is -0.337. The van der Waals surface area contributed by atoms with Gasteiger partial charge in [0, 0.05) is 19.5 Å². The van der Waals surface area contributed by atoms with Gasteiger partial charge in [0.1, 0.15) is 6.61 Å². The fourth-order valence-corrected chi connectivity index (χ4v) is 3.98. The highest BCUT2D eigenvalue weighted by Gasteiger charge is 2.29. The topological polar surface area (TPSA) is 48.0 Å². The number of fused-ring (bicyclic) bond motifs is 3. The lowest BCUT2D eigenvalue weighted by molar-refractivity contribution is 0.0324. The lowest BCUT2D eigenvalue weighted by Crippen LogP contribution is -2.32. The second-order valence-electron chi connectivity index (χ2n) is 7.88. The predicted octanol–water partition coefficient (Wildman–Crippen LogP) is 5.10. The summed E-state index contributed by atoms with van der Waals surface area (Å²) < 4.78 is 16.8. The zero-order valence-electron chi connectivity index (χ0n) is 18.4. The molecule has 166 valence electrons. The summed E-state index contributed by atoms with van der Waals surface area (Å²) >= 11 is 0. The molecule has 0 fully saturated rings. The van der Waals surface area contributed by atoms with Crippen LogP contribution in [-0.4, -0.2) is 51.0 Å². The van der Waals surface area contributed by atoms with Gasteiger partial charge in [-0.1, -0.05) is 78.9 Å². The molecule has 0 aromatic heterocycles. The molecular formula is C27H29NO4. The summed E-state index contributed by atoms with van der Waals surface area (Å²) in [6.45, 7) is 2.81. The van der Waals surface area contributed by atoms with Gasteiger partial charge in [0.15, 0.2) is 0 Å². The molecule has 1 aliphatic carbocycles. The van der Waals surface area contributed by atoms with Gasteiger partial charge < -0.3 is 19.1 Å². The SMILES string of the molecule is CN(CCOCCOCc1ccccc1)C(=O)OCC1c2ccccc2-c2ccccc21. The first-order chi connectivity index (χ1) is 15.7. The van der Waals surface area contributed by atoms with Crippen molar-refractivity contribution in [2.75, 3.05) is 40.0 Å². The quantitative estimate of drug-likeness (QED) is 0.419. The zero-order chi connectivity index (χ0) is 22.2. The van der Waals surface area contributed by atoms with Crippen LogP contribution in [-0.2, 0) is 20.8 Å². The second-order valence-corrected chi connectivity index (χ2v) is 7.88. The number of ether oxygens (including phenoxy) is 3. The Bertz CT molecular complexity index is 975. The molecule has 0 bridgehead atoms. The summed E-state index contributed by atoms with van der Waals surface area (Å²) in [5, 5.41) is 0. The predicted molar refractivity (Wildman–Crippen MR) is 125 cm³/mol. The third kappa shape index (κ3) is 5.36. The molecule has 5 nitrogen and oxygen atoms in total. The van der Waals surface area contributed by atoms with E-state index in [1.807, 2.05) is 54.6 Å². The minimum absolute atomic E-state index is 0.0674. The third-order valence-electron chi connectivity index (χ3n) is 5.70. The van der Waals surface area contributed by atoms with Gasteiger partial charge in [-0.25, -0.2) is 4.79 Å². The first-order valence-corrected chi connectivity index (χ1v) is 11.0. The van der Waals surface area contributed by atoms with Crippen LogP contribution in [0.1, 0.15) is 22.6 Å². The van der Waals surface area contributed by atoms with Crippen LogP contribution in [0.5, 0.6) is 0 Å². The fourth-order valence-electron chi connectivity index (χ4n) is 3.98. The summed E-state index contributed by atoms with van der Waals surface area (Å²) in [6, 6.07) is 26.7. The lowest BCUT2D eigenvalue weighted by atomic mass is 9.98. The number of nitrogens with zero attached hydrogens (tertiary/aromatic N) is 1.